The summed E-state index contributed by atoms with van der Waals surface area (Å²) < 4.78 is 4.02. The zero-order valence-electron chi connectivity index (χ0n) is 12.2. The Hall–Kier alpha value is -1.69. The number of hydrogen-bond acceptors (Lipinski definition) is 4. The molecule has 20 heavy (non-hydrogen) atoms. The molecule has 0 spiro atoms. The second-order valence-corrected chi connectivity index (χ2v) is 5.29. The maximum Gasteiger partial charge on any atom is 0.141 e. The predicted molar refractivity (Wildman–Crippen MR) is 76.3 cm³/mol. The highest BCUT2D eigenvalue weighted by Crippen LogP contribution is 2.19. The van der Waals surface area contributed by atoms with Crippen molar-refractivity contribution in [3.63, 3.8) is 0 Å². The molecule has 2 aromatic rings. The summed E-state index contributed by atoms with van der Waals surface area (Å²) in [6.45, 7) is 6.67. The maximum absolute atomic E-state index is 4.58. The van der Waals surface area contributed by atoms with Crippen molar-refractivity contribution >= 4 is 0 Å². The van der Waals surface area contributed by atoms with E-state index in [0.717, 1.165) is 37.6 Å². The number of hydrogen-bond donors (Lipinski definition) is 1. The van der Waals surface area contributed by atoms with Gasteiger partial charge in [-0.25, -0.2) is 9.67 Å². The van der Waals surface area contributed by atoms with Gasteiger partial charge in [0.2, 0.25) is 0 Å². The molecule has 1 aliphatic rings. The zero-order chi connectivity index (χ0) is 13.9. The molecule has 0 bridgehead atoms. The van der Waals surface area contributed by atoms with Gasteiger partial charge in [-0.3, -0.25) is 4.68 Å². The molecule has 1 aliphatic carbocycles. The molecule has 1 fully saturated rings. The van der Waals surface area contributed by atoms with Gasteiger partial charge in [0.25, 0.3) is 0 Å². The molecule has 0 amide bonds. The molecule has 2 aromatic heterocycles. The molecular formula is C14H22N6. The number of aromatic nitrogens is 5. The summed E-state index contributed by atoms with van der Waals surface area (Å²) >= 11 is 0. The van der Waals surface area contributed by atoms with Gasteiger partial charge in [0.05, 0.1) is 24.5 Å². The quantitative estimate of drug-likeness (QED) is 0.828. The van der Waals surface area contributed by atoms with Gasteiger partial charge in [-0.15, -0.1) is 0 Å². The van der Waals surface area contributed by atoms with Gasteiger partial charge in [0, 0.05) is 12.6 Å². The molecule has 2 heterocycles. The van der Waals surface area contributed by atoms with E-state index in [1.165, 1.54) is 18.5 Å². The van der Waals surface area contributed by atoms with Crippen molar-refractivity contribution in [2.75, 3.05) is 0 Å². The fourth-order valence-electron chi connectivity index (χ4n) is 2.32. The molecule has 0 unspecified atom stereocenters. The molecule has 0 aliphatic heterocycles. The molecule has 6 heteroatoms. The third kappa shape index (κ3) is 2.90. The lowest BCUT2D eigenvalue weighted by molar-refractivity contribution is 0.542. The Bertz CT molecular complexity index is 566. The Kier molecular flexibility index (Phi) is 3.82. The molecule has 3 rings (SSSR count). The minimum absolute atomic E-state index is 0.688. The van der Waals surface area contributed by atoms with Crippen LogP contribution in [0.5, 0.6) is 0 Å². The van der Waals surface area contributed by atoms with Crippen molar-refractivity contribution in [1.82, 2.24) is 29.9 Å². The second kappa shape index (κ2) is 5.75. The van der Waals surface area contributed by atoms with Gasteiger partial charge in [0.1, 0.15) is 12.2 Å². The fraction of sp³-hybridized carbons (Fsp3) is 0.643. The monoisotopic (exact) mass is 274 g/mol. The lowest BCUT2D eigenvalue weighted by Gasteiger charge is -2.08. The van der Waals surface area contributed by atoms with Crippen LogP contribution < -0.4 is 5.32 Å². The predicted octanol–water partition coefficient (Wildman–Crippen LogP) is 1.36. The van der Waals surface area contributed by atoms with Gasteiger partial charge in [-0.2, -0.15) is 10.2 Å². The highest BCUT2D eigenvalue weighted by Gasteiger charge is 2.21. The van der Waals surface area contributed by atoms with Crippen LogP contribution in [0.25, 0.3) is 0 Å². The fourth-order valence-corrected chi connectivity index (χ4v) is 2.32. The van der Waals surface area contributed by atoms with Gasteiger partial charge < -0.3 is 5.32 Å². The van der Waals surface area contributed by atoms with E-state index in [9.17, 15) is 0 Å². The van der Waals surface area contributed by atoms with E-state index in [-0.39, 0.29) is 0 Å². The Morgan fingerprint density at radius 1 is 1.30 bits per heavy atom. The Morgan fingerprint density at radius 3 is 2.85 bits per heavy atom. The first-order valence-corrected chi connectivity index (χ1v) is 7.45. The van der Waals surface area contributed by atoms with Crippen molar-refractivity contribution in [3.05, 3.63) is 29.6 Å². The van der Waals surface area contributed by atoms with Crippen LogP contribution in [0.15, 0.2) is 12.4 Å². The van der Waals surface area contributed by atoms with Gasteiger partial charge in [0.15, 0.2) is 0 Å². The van der Waals surface area contributed by atoms with E-state index in [1.54, 1.807) is 6.33 Å². The van der Waals surface area contributed by atoms with Crippen LogP contribution in [-0.2, 0) is 26.1 Å². The van der Waals surface area contributed by atoms with E-state index in [0.29, 0.717) is 6.04 Å². The van der Waals surface area contributed by atoms with Gasteiger partial charge in [-0.05, 0) is 32.3 Å². The van der Waals surface area contributed by atoms with Crippen LogP contribution in [0.2, 0.25) is 0 Å². The minimum Gasteiger partial charge on any atom is -0.307 e. The molecule has 6 nitrogen and oxygen atoms in total. The van der Waals surface area contributed by atoms with E-state index in [2.05, 4.69) is 45.1 Å². The SMILES string of the molecule is CCc1cc(Cn2ncnc2CNC2CC2)n(CC)n1. The third-order valence-corrected chi connectivity index (χ3v) is 3.71. The smallest absolute Gasteiger partial charge is 0.141 e. The maximum atomic E-state index is 4.58. The summed E-state index contributed by atoms with van der Waals surface area (Å²) in [4.78, 5) is 4.35. The van der Waals surface area contributed by atoms with E-state index in [1.807, 2.05) is 4.68 Å². The molecular weight excluding hydrogens is 252 g/mol. The highest BCUT2D eigenvalue weighted by atomic mass is 15.4. The van der Waals surface area contributed by atoms with Crippen LogP contribution in [0.3, 0.4) is 0 Å². The minimum atomic E-state index is 0.688. The van der Waals surface area contributed by atoms with E-state index >= 15 is 0 Å². The number of aryl methyl sites for hydroxylation is 2. The molecule has 0 radical (unpaired) electrons. The molecule has 0 saturated heterocycles. The molecule has 1 N–H and O–H groups in total. The topological polar surface area (TPSA) is 60.6 Å². The van der Waals surface area contributed by atoms with Crippen LogP contribution >= 0.6 is 0 Å². The highest BCUT2D eigenvalue weighted by molar-refractivity contribution is 5.11. The summed E-state index contributed by atoms with van der Waals surface area (Å²) in [6.07, 6.45) is 5.18. The van der Waals surface area contributed by atoms with Crippen LogP contribution in [0.4, 0.5) is 0 Å². The normalized spacial score (nSPS) is 14.9. The zero-order valence-corrected chi connectivity index (χ0v) is 12.2. The number of nitrogens with one attached hydrogen (secondary N) is 1. The van der Waals surface area contributed by atoms with Crippen molar-refractivity contribution in [3.8, 4) is 0 Å². The largest absolute Gasteiger partial charge is 0.307 e. The summed E-state index contributed by atoms with van der Waals surface area (Å²) in [5.74, 6) is 0.999. The summed E-state index contributed by atoms with van der Waals surface area (Å²) in [5, 5.41) is 12.4. The molecule has 0 atom stereocenters. The van der Waals surface area contributed by atoms with Crippen molar-refractivity contribution in [2.45, 2.75) is 58.8 Å². The van der Waals surface area contributed by atoms with Gasteiger partial charge in [-0.1, -0.05) is 6.92 Å². The first-order valence-electron chi connectivity index (χ1n) is 7.45. The average Bonchev–Trinajstić information content (AvgIpc) is 3.05. The third-order valence-electron chi connectivity index (χ3n) is 3.71. The lowest BCUT2D eigenvalue weighted by atomic mass is 10.3. The molecule has 1 saturated carbocycles. The Balaban J connectivity index is 1.73. The van der Waals surface area contributed by atoms with Crippen molar-refractivity contribution < 1.29 is 0 Å². The summed E-state index contributed by atoms with van der Waals surface area (Å²) in [5.41, 5.74) is 2.34. The van der Waals surface area contributed by atoms with Crippen molar-refractivity contribution in [1.29, 1.82) is 0 Å². The standard InChI is InChI=1S/C14H22N6/c1-3-11-7-13(19(4-2)18-11)9-20-14(16-10-17-20)8-15-12-5-6-12/h7,10,12,15H,3-6,8-9H2,1-2H3. The van der Waals surface area contributed by atoms with Crippen molar-refractivity contribution in [2.24, 2.45) is 0 Å². The summed E-state index contributed by atoms with van der Waals surface area (Å²) in [6, 6.07) is 2.86. The van der Waals surface area contributed by atoms with Crippen LogP contribution in [-0.4, -0.2) is 30.6 Å². The molecule has 0 aromatic carbocycles. The second-order valence-electron chi connectivity index (χ2n) is 5.29. The lowest BCUT2D eigenvalue weighted by Crippen LogP contribution is -2.20. The summed E-state index contributed by atoms with van der Waals surface area (Å²) in [7, 11) is 0. The van der Waals surface area contributed by atoms with Crippen LogP contribution in [0, 0.1) is 0 Å². The Labute approximate surface area is 119 Å². The van der Waals surface area contributed by atoms with E-state index < -0.39 is 0 Å². The first kappa shape index (κ1) is 13.3. The van der Waals surface area contributed by atoms with Crippen LogP contribution in [0.1, 0.15) is 43.9 Å². The Morgan fingerprint density at radius 2 is 2.15 bits per heavy atom. The molecule has 108 valence electrons. The number of nitrogens with zero attached hydrogens (tertiary/aromatic N) is 5. The first-order chi connectivity index (χ1) is 9.80. The van der Waals surface area contributed by atoms with Gasteiger partial charge >= 0.3 is 0 Å². The average molecular weight is 274 g/mol. The number of rotatable bonds is 7. The van der Waals surface area contributed by atoms with E-state index in [4.69, 9.17) is 0 Å².